The summed E-state index contributed by atoms with van der Waals surface area (Å²) in [7, 11) is 0. The Kier molecular flexibility index (Phi) is 5.03. The van der Waals surface area contributed by atoms with Gasteiger partial charge in [-0.25, -0.2) is 0 Å². The quantitative estimate of drug-likeness (QED) is 0.422. The molecule has 152 valence electrons. The second-order valence-electron chi connectivity index (χ2n) is 6.95. The number of halogens is 3. The second-order valence-corrected chi connectivity index (χ2v) is 6.95. The number of phenolic OH excluding ortho intramolecular Hbond substituents is 1. The van der Waals surface area contributed by atoms with Gasteiger partial charge in [-0.1, -0.05) is 54.6 Å². The maximum Gasteiger partial charge on any atom is 0.416 e. The van der Waals surface area contributed by atoms with Crippen LogP contribution in [0.5, 0.6) is 5.75 Å². The number of fused-ring (bicyclic) bond motifs is 1. The summed E-state index contributed by atoms with van der Waals surface area (Å²) in [6.07, 6.45) is -4.54. The lowest BCUT2D eigenvalue weighted by molar-refractivity contribution is -0.137. The molecule has 4 nitrogen and oxygen atoms in total. The highest BCUT2D eigenvalue weighted by Crippen LogP contribution is 2.39. The van der Waals surface area contributed by atoms with E-state index in [4.69, 9.17) is 0 Å². The van der Waals surface area contributed by atoms with Crippen LogP contribution in [0.25, 0.3) is 22.0 Å². The van der Waals surface area contributed by atoms with Crippen LogP contribution in [0.4, 0.5) is 19.0 Å². The van der Waals surface area contributed by atoms with Crippen LogP contribution in [-0.4, -0.2) is 15.3 Å². The van der Waals surface area contributed by atoms with Gasteiger partial charge in [-0.3, -0.25) is 0 Å². The predicted octanol–water partition coefficient (Wildman–Crippen LogP) is 6.19. The van der Waals surface area contributed by atoms with Crippen molar-refractivity contribution in [3.05, 3.63) is 83.9 Å². The summed E-state index contributed by atoms with van der Waals surface area (Å²) >= 11 is 0. The van der Waals surface area contributed by atoms with E-state index >= 15 is 0 Å². The average Bonchev–Trinajstić information content (AvgIpc) is 2.74. The lowest BCUT2D eigenvalue weighted by Gasteiger charge is -2.17. The van der Waals surface area contributed by atoms with E-state index in [2.05, 4.69) is 15.5 Å². The molecule has 1 heterocycles. The highest BCUT2D eigenvalue weighted by atomic mass is 19.4. The number of nitrogens with zero attached hydrogens (tertiary/aromatic N) is 2. The summed E-state index contributed by atoms with van der Waals surface area (Å²) in [5, 5.41) is 23.5. The van der Waals surface area contributed by atoms with Gasteiger partial charge >= 0.3 is 6.18 Å². The number of phenols is 1. The van der Waals surface area contributed by atoms with Gasteiger partial charge in [-0.15, -0.1) is 10.2 Å². The van der Waals surface area contributed by atoms with Crippen LogP contribution in [0.3, 0.4) is 0 Å². The van der Waals surface area contributed by atoms with E-state index in [1.807, 2.05) is 49.4 Å². The molecule has 4 aromatic rings. The van der Waals surface area contributed by atoms with Crippen molar-refractivity contribution in [1.82, 2.24) is 10.2 Å². The van der Waals surface area contributed by atoms with Crippen molar-refractivity contribution >= 4 is 16.6 Å². The Hall–Kier alpha value is -3.61. The van der Waals surface area contributed by atoms with Gasteiger partial charge in [0.2, 0.25) is 0 Å². The molecular formula is C23H18F3N3O. The van der Waals surface area contributed by atoms with E-state index in [9.17, 15) is 18.3 Å². The molecule has 3 aromatic carbocycles. The van der Waals surface area contributed by atoms with Gasteiger partial charge in [0.15, 0.2) is 5.82 Å². The van der Waals surface area contributed by atoms with Gasteiger partial charge in [0, 0.05) is 16.3 Å². The van der Waals surface area contributed by atoms with Crippen LogP contribution in [0.1, 0.15) is 24.1 Å². The summed E-state index contributed by atoms with van der Waals surface area (Å²) in [5.74, 6) is 0.0553. The van der Waals surface area contributed by atoms with Crippen molar-refractivity contribution in [2.45, 2.75) is 19.1 Å². The number of anilines is 1. The molecule has 1 aromatic heterocycles. The molecule has 7 heteroatoms. The third-order valence-electron chi connectivity index (χ3n) is 4.92. The number of benzene rings is 3. The minimum absolute atomic E-state index is 0.0331. The summed E-state index contributed by atoms with van der Waals surface area (Å²) in [5.41, 5.74) is 0.660. The van der Waals surface area contributed by atoms with Crippen LogP contribution in [0.2, 0.25) is 0 Å². The number of alkyl halides is 3. The minimum atomic E-state index is -4.54. The van der Waals surface area contributed by atoms with Crippen LogP contribution in [0.15, 0.2) is 72.8 Å². The van der Waals surface area contributed by atoms with Crippen molar-refractivity contribution in [3.8, 4) is 17.0 Å². The SMILES string of the molecule is CC(Nc1nnc(-c2ccc(C(F)(F)F)cc2O)c2ccccc12)c1ccccc1. The maximum atomic E-state index is 12.9. The standard InChI is InChI=1S/C23H18F3N3O/c1-14(15-7-3-2-4-8-15)27-22-18-10-6-5-9-17(18)21(28-29-22)19-12-11-16(13-20(19)30)23(24,25)26/h2-14,30H,1H3,(H,27,29). The van der Waals surface area contributed by atoms with Crippen LogP contribution >= 0.6 is 0 Å². The Labute approximate surface area is 171 Å². The zero-order valence-corrected chi connectivity index (χ0v) is 16.0. The molecule has 0 saturated carbocycles. The fourth-order valence-corrected chi connectivity index (χ4v) is 3.35. The molecule has 2 N–H and O–H groups in total. The van der Waals surface area contributed by atoms with Gasteiger partial charge in [-0.05, 0) is 30.7 Å². The molecule has 0 aliphatic carbocycles. The summed E-state index contributed by atoms with van der Waals surface area (Å²) in [4.78, 5) is 0. The molecule has 0 amide bonds. The minimum Gasteiger partial charge on any atom is -0.507 e. The Morgan fingerprint density at radius 1 is 0.867 bits per heavy atom. The Balaban J connectivity index is 1.77. The van der Waals surface area contributed by atoms with E-state index in [1.165, 1.54) is 6.07 Å². The highest BCUT2D eigenvalue weighted by Gasteiger charge is 2.31. The number of aromatic hydroxyl groups is 1. The van der Waals surface area contributed by atoms with Crippen molar-refractivity contribution in [3.63, 3.8) is 0 Å². The average molecular weight is 409 g/mol. The second kappa shape index (κ2) is 7.67. The van der Waals surface area contributed by atoms with Crippen LogP contribution in [0, 0.1) is 0 Å². The molecule has 0 bridgehead atoms. The van der Waals surface area contributed by atoms with Crippen molar-refractivity contribution in [2.24, 2.45) is 0 Å². The van der Waals surface area contributed by atoms with Crippen LogP contribution in [-0.2, 0) is 6.18 Å². The van der Waals surface area contributed by atoms with E-state index < -0.39 is 17.5 Å². The van der Waals surface area contributed by atoms with Gasteiger partial charge in [-0.2, -0.15) is 13.2 Å². The number of rotatable bonds is 4. The predicted molar refractivity (Wildman–Crippen MR) is 110 cm³/mol. The van der Waals surface area contributed by atoms with Crippen LogP contribution < -0.4 is 5.32 Å². The Morgan fingerprint density at radius 3 is 2.20 bits per heavy atom. The molecule has 0 spiro atoms. The van der Waals surface area contributed by atoms with E-state index in [0.717, 1.165) is 17.0 Å². The molecular weight excluding hydrogens is 391 g/mol. The summed E-state index contributed by atoms with van der Waals surface area (Å²) < 4.78 is 38.8. The first-order valence-corrected chi connectivity index (χ1v) is 9.32. The van der Waals surface area contributed by atoms with E-state index in [-0.39, 0.29) is 11.6 Å². The molecule has 0 aliphatic rings. The van der Waals surface area contributed by atoms with Gasteiger partial charge in [0.25, 0.3) is 0 Å². The fourth-order valence-electron chi connectivity index (χ4n) is 3.35. The fraction of sp³-hybridized carbons (Fsp3) is 0.130. The van der Waals surface area contributed by atoms with Crippen molar-refractivity contribution < 1.29 is 18.3 Å². The van der Waals surface area contributed by atoms with Crippen molar-refractivity contribution in [2.75, 3.05) is 5.32 Å². The summed E-state index contributed by atoms with van der Waals surface area (Å²) in [6.45, 7) is 2.00. The molecule has 0 radical (unpaired) electrons. The number of aromatic nitrogens is 2. The third-order valence-corrected chi connectivity index (χ3v) is 4.92. The first-order valence-electron chi connectivity index (χ1n) is 9.32. The lowest BCUT2D eigenvalue weighted by atomic mass is 10.0. The van der Waals surface area contributed by atoms with Gasteiger partial charge in [0.1, 0.15) is 11.4 Å². The molecule has 1 atom stereocenters. The number of hydrogen-bond acceptors (Lipinski definition) is 4. The first kappa shape index (κ1) is 19.7. The largest absolute Gasteiger partial charge is 0.507 e. The topological polar surface area (TPSA) is 58.0 Å². The summed E-state index contributed by atoms with van der Waals surface area (Å²) in [6, 6.07) is 20.0. The number of nitrogens with one attached hydrogen (secondary N) is 1. The Bertz CT molecular complexity index is 1190. The smallest absolute Gasteiger partial charge is 0.416 e. The molecule has 0 fully saturated rings. The highest BCUT2D eigenvalue weighted by molar-refractivity contribution is 6.00. The van der Waals surface area contributed by atoms with Gasteiger partial charge in [0.05, 0.1) is 11.6 Å². The maximum absolute atomic E-state index is 12.9. The first-order chi connectivity index (χ1) is 14.3. The molecule has 30 heavy (non-hydrogen) atoms. The third kappa shape index (κ3) is 3.78. The number of hydrogen-bond donors (Lipinski definition) is 2. The lowest BCUT2D eigenvalue weighted by Crippen LogP contribution is -2.09. The van der Waals surface area contributed by atoms with Gasteiger partial charge < -0.3 is 10.4 Å². The van der Waals surface area contributed by atoms with Crippen molar-refractivity contribution in [1.29, 1.82) is 0 Å². The molecule has 0 aliphatic heterocycles. The Morgan fingerprint density at radius 2 is 1.53 bits per heavy atom. The van der Waals surface area contributed by atoms with E-state index in [0.29, 0.717) is 23.0 Å². The molecule has 1 unspecified atom stereocenters. The van der Waals surface area contributed by atoms with E-state index in [1.54, 1.807) is 12.1 Å². The monoisotopic (exact) mass is 409 g/mol. The molecule has 0 saturated heterocycles. The normalized spacial score (nSPS) is 12.7. The molecule has 4 rings (SSSR count). The zero-order valence-electron chi connectivity index (χ0n) is 16.0. The zero-order chi connectivity index (χ0) is 21.3.